The molecular formula is C14H26N2O3. The van der Waals surface area contributed by atoms with Gasteiger partial charge in [0, 0.05) is 19.6 Å². The Morgan fingerprint density at radius 1 is 1.26 bits per heavy atom. The summed E-state index contributed by atoms with van der Waals surface area (Å²) in [4.78, 5) is 14.1. The molecule has 0 spiro atoms. The highest BCUT2D eigenvalue weighted by molar-refractivity contribution is 5.77. The van der Waals surface area contributed by atoms with E-state index >= 15 is 0 Å². The zero-order valence-corrected chi connectivity index (χ0v) is 11.7. The summed E-state index contributed by atoms with van der Waals surface area (Å²) in [6, 6.07) is 0. The predicted octanol–water partition coefficient (Wildman–Crippen LogP) is 0.520. The monoisotopic (exact) mass is 270 g/mol. The Bertz CT molecular complexity index is 284. The first-order valence-electron chi connectivity index (χ1n) is 7.47. The fraction of sp³-hybridized carbons (Fsp3) is 0.929. The standard InChI is InChI=1S/C14H26N2O3/c17-13(12-14(18)4-1-2-5-14)15-6-3-7-16-8-10-19-11-9-16/h18H,1-12H2,(H,15,17). The maximum absolute atomic E-state index is 11.8. The second-order valence-corrected chi connectivity index (χ2v) is 5.77. The van der Waals surface area contributed by atoms with Gasteiger partial charge in [0.15, 0.2) is 0 Å². The van der Waals surface area contributed by atoms with Gasteiger partial charge in [0.1, 0.15) is 0 Å². The third kappa shape index (κ3) is 5.09. The maximum atomic E-state index is 11.8. The number of rotatable bonds is 6. The summed E-state index contributed by atoms with van der Waals surface area (Å²) >= 11 is 0. The van der Waals surface area contributed by atoms with Gasteiger partial charge in [0.05, 0.1) is 25.2 Å². The Kier molecular flexibility index (Phi) is 5.60. The predicted molar refractivity (Wildman–Crippen MR) is 72.9 cm³/mol. The van der Waals surface area contributed by atoms with Crippen molar-refractivity contribution >= 4 is 5.91 Å². The van der Waals surface area contributed by atoms with Crippen LogP contribution in [0.25, 0.3) is 0 Å². The summed E-state index contributed by atoms with van der Waals surface area (Å²) in [7, 11) is 0. The topological polar surface area (TPSA) is 61.8 Å². The lowest BCUT2D eigenvalue weighted by Crippen LogP contribution is -2.39. The van der Waals surface area contributed by atoms with E-state index in [1.165, 1.54) is 0 Å². The molecule has 2 N–H and O–H groups in total. The van der Waals surface area contributed by atoms with Crippen LogP contribution in [0, 0.1) is 0 Å². The number of carbonyl (C=O) groups is 1. The molecule has 1 heterocycles. The summed E-state index contributed by atoms with van der Waals surface area (Å²) < 4.78 is 5.29. The summed E-state index contributed by atoms with van der Waals surface area (Å²) in [5.74, 6) is -0.00798. The molecule has 0 aromatic rings. The van der Waals surface area contributed by atoms with Gasteiger partial charge in [-0.25, -0.2) is 0 Å². The average Bonchev–Trinajstić information content (AvgIpc) is 2.82. The van der Waals surface area contributed by atoms with Crippen LogP contribution in [0.3, 0.4) is 0 Å². The van der Waals surface area contributed by atoms with Crippen molar-refractivity contribution in [2.75, 3.05) is 39.4 Å². The van der Waals surface area contributed by atoms with Gasteiger partial charge in [0.25, 0.3) is 0 Å². The van der Waals surface area contributed by atoms with E-state index in [1.807, 2.05) is 0 Å². The lowest BCUT2D eigenvalue weighted by Gasteiger charge is -2.26. The van der Waals surface area contributed by atoms with E-state index in [9.17, 15) is 9.90 Å². The molecule has 0 aromatic heterocycles. The molecule has 110 valence electrons. The third-order valence-corrected chi connectivity index (χ3v) is 4.10. The molecule has 0 bridgehead atoms. The fourth-order valence-corrected chi connectivity index (χ4v) is 2.93. The van der Waals surface area contributed by atoms with E-state index in [0.29, 0.717) is 6.54 Å². The molecule has 0 atom stereocenters. The number of nitrogens with zero attached hydrogens (tertiary/aromatic N) is 1. The van der Waals surface area contributed by atoms with Crippen molar-refractivity contribution in [3.05, 3.63) is 0 Å². The number of amides is 1. The second-order valence-electron chi connectivity index (χ2n) is 5.77. The molecule has 2 rings (SSSR count). The molecule has 5 nitrogen and oxygen atoms in total. The smallest absolute Gasteiger partial charge is 0.222 e. The van der Waals surface area contributed by atoms with Crippen molar-refractivity contribution in [1.82, 2.24) is 10.2 Å². The molecule has 2 fully saturated rings. The van der Waals surface area contributed by atoms with Crippen molar-refractivity contribution < 1.29 is 14.6 Å². The van der Waals surface area contributed by atoms with Crippen LogP contribution >= 0.6 is 0 Å². The van der Waals surface area contributed by atoms with Crippen molar-refractivity contribution in [3.63, 3.8) is 0 Å². The Labute approximate surface area is 115 Å². The first kappa shape index (κ1) is 14.8. The average molecular weight is 270 g/mol. The molecule has 5 heteroatoms. The second kappa shape index (κ2) is 7.22. The summed E-state index contributed by atoms with van der Waals surface area (Å²) in [5, 5.41) is 13.1. The highest BCUT2D eigenvalue weighted by atomic mass is 16.5. The van der Waals surface area contributed by atoms with Gasteiger partial charge in [-0.2, -0.15) is 0 Å². The van der Waals surface area contributed by atoms with Gasteiger partial charge < -0.3 is 15.2 Å². The Balaban J connectivity index is 1.53. The molecular weight excluding hydrogens is 244 g/mol. The van der Waals surface area contributed by atoms with E-state index < -0.39 is 5.60 Å². The van der Waals surface area contributed by atoms with Crippen LogP contribution in [0.4, 0.5) is 0 Å². The molecule has 0 radical (unpaired) electrons. The minimum absolute atomic E-state index is 0.00798. The van der Waals surface area contributed by atoms with Crippen LogP contribution in [0.15, 0.2) is 0 Å². The van der Waals surface area contributed by atoms with Gasteiger partial charge in [0.2, 0.25) is 5.91 Å². The van der Waals surface area contributed by atoms with Crippen molar-refractivity contribution in [3.8, 4) is 0 Å². The number of aliphatic hydroxyl groups is 1. The lowest BCUT2D eigenvalue weighted by atomic mass is 9.98. The van der Waals surface area contributed by atoms with E-state index in [1.54, 1.807) is 0 Å². The van der Waals surface area contributed by atoms with E-state index in [0.717, 1.165) is 65.0 Å². The minimum atomic E-state index is -0.728. The Morgan fingerprint density at radius 3 is 2.63 bits per heavy atom. The van der Waals surface area contributed by atoms with Crippen LogP contribution in [0.1, 0.15) is 38.5 Å². The largest absolute Gasteiger partial charge is 0.389 e. The first-order chi connectivity index (χ1) is 9.18. The zero-order chi connectivity index (χ0) is 13.6. The molecule has 1 amide bonds. The van der Waals surface area contributed by atoms with Gasteiger partial charge >= 0.3 is 0 Å². The molecule has 0 unspecified atom stereocenters. The van der Waals surface area contributed by atoms with Crippen LogP contribution < -0.4 is 5.32 Å². The van der Waals surface area contributed by atoms with Gasteiger partial charge in [-0.3, -0.25) is 9.69 Å². The third-order valence-electron chi connectivity index (χ3n) is 4.10. The molecule has 0 aromatic carbocycles. The molecule has 19 heavy (non-hydrogen) atoms. The van der Waals surface area contributed by atoms with Crippen LogP contribution in [-0.4, -0.2) is 60.9 Å². The quantitative estimate of drug-likeness (QED) is 0.691. The maximum Gasteiger partial charge on any atom is 0.222 e. The van der Waals surface area contributed by atoms with Crippen molar-refractivity contribution in [2.24, 2.45) is 0 Å². The first-order valence-corrected chi connectivity index (χ1v) is 7.47. The van der Waals surface area contributed by atoms with Gasteiger partial charge in [-0.05, 0) is 25.8 Å². The number of carbonyl (C=O) groups excluding carboxylic acids is 1. The number of ether oxygens (including phenoxy) is 1. The van der Waals surface area contributed by atoms with Gasteiger partial charge in [-0.15, -0.1) is 0 Å². The summed E-state index contributed by atoms with van der Waals surface area (Å²) in [5.41, 5.74) is -0.728. The molecule has 1 saturated carbocycles. The van der Waals surface area contributed by atoms with Gasteiger partial charge in [-0.1, -0.05) is 12.8 Å². The summed E-state index contributed by atoms with van der Waals surface area (Å²) in [6.45, 7) is 5.33. The normalized spacial score (nSPS) is 23.4. The lowest BCUT2D eigenvalue weighted by molar-refractivity contribution is -0.125. The van der Waals surface area contributed by atoms with E-state index in [2.05, 4.69) is 10.2 Å². The number of hydrogen-bond acceptors (Lipinski definition) is 4. The van der Waals surface area contributed by atoms with Crippen molar-refractivity contribution in [1.29, 1.82) is 0 Å². The Hall–Kier alpha value is -0.650. The highest BCUT2D eigenvalue weighted by Gasteiger charge is 2.33. The number of nitrogens with one attached hydrogen (secondary N) is 1. The van der Waals surface area contributed by atoms with Crippen LogP contribution in [0.5, 0.6) is 0 Å². The van der Waals surface area contributed by atoms with Crippen LogP contribution in [0.2, 0.25) is 0 Å². The SMILES string of the molecule is O=C(CC1(O)CCCC1)NCCCN1CCOCC1. The Morgan fingerprint density at radius 2 is 1.95 bits per heavy atom. The fourth-order valence-electron chi connectivity index (χ4n) is 2.93. The molecule has 1 aliphatic heterocycles. The zero-order valence-electron chi connectivity index (χ0n) is 11.7. The number of morpholine rings is 1. The molecule has 1 saturated heterocycles. The highest BCUT2D eigenvalue weighted by Crippen LogP contribution is 2.32. The van der Waals surface area contributed by atoms with Crippen LogP contribution in [-0.2, 0) is 9.53 Å². The van der Waals surface area contributed by atoms with E-state index in [-0.39, 0.29) is 12.3 Å². The molecule has 2 aliphatic rings. The van der Waals surface area contributed by atoms with Crippen molar-refractivity contribution in [2.45, 2.75) is 44.1 Å². The minimum Gasteiger partial charge on any atom is -0.389 e. The summed E-state index contributed by atoms with van der Waals surface area (Å²) in [6.07, 6.45) is 4.86. The van der Waals surface area contributed by atoms with E-state index in [4.69, 9.17) is 4.74 Å². The molecule has 1 aliphatic carbocycles. The number of hydrogen-bond donors (Lipinski definition) is 2.